The van der Waals surface area contributed by atoms with Gasteiger partial charge in [0.25, 0.3) is 5.91 Å². The molecule has 0 aliphatic carbocycles. The van der Waals surface area contributed by atoms with Crippen molar-refractivity contribution in [2.24, 2.45) is 0 Å². The molecule has 0 saturated carbocycles. The quantitative estimate of drug-likeness (QED) is 0.724. The van der Waals surface area contributed by atoms with Gasteiger partial charge in [0.2, 0.25) is 0 Å². The van der Waals surface area contributed by atoms with Gasteiger partial charge in [0, 0.05) is 18.2 Å². The van der Waals surface area contributed by atoms with Gasteiger partial charge in [-0.05, 0) is 43.4 Å². The number of rotatable bonds is 8. The topological polar surface area (TPSA) is 58.6 Å². The maximum atomic E-state index is 12.6. The van der Waals surface area contributed by atoms with Crippen molar-refractivity contribution in [3.05, 3.63) is 46.5 Å². The molecule has 0 spiro atoms. The highest BCUT2D eigenvalue weighted by molar-refractivity contribution is 5.97. The number of ether oxygens (including phenoxy) is 1. The summed E-state index contributed by atoms with van der Waals surface area (Å²) in [4.78, 5) is 26.5. The minimum absolute atomic E-state index is 0.0717. The molecule has 1 heterocycles. The highest BCUT2D eigenvalue weighted by Crippen LogP contribution is 2.29. The number of nitrogens with one attached hydrogen (secondary N) is 1. The monoisotopic (exact) mass is 358 g/mol. The van der Waals surface area contributed by atoms with E-state index in [9.17, 15) is 9.59 Å². The van der Waals surface area contributed by atoms with E-state index in [4.69, 9.17) is 4.74 Å². The molecule has 0 radical (unpaired) electrons. The summed E-state index contributed by atoms with van der Waals surface area (Å²) >= 11 is 0. The number of carbonyl (C=O) groups is 2. The van der Waals surface area contributed by atoms with Gasteiger partial charge in [-0.3, -0.25) is 14.9 Å². The lowest BCUT2D eigenvalue weighted by Gasteiger charge is -2.32. The van der Waals surface area contributed by atoms with E-state index in [1.54, 1.807) is 0 Å². The van der Waals surface area contributed by atoms with Gasteiger partial charge in [0.05, 0.1) is 13.5 Å². The number of carbonyl (C=O) groups excluding carboxylic acids is 2. The molecule has 1 aliphatic heterocycles. The SMILES string of the molecule is CCCN1C(=O)C(C)=C(C)C1NC(CC(=O)OC)c1ccccc1CC. The molecule has 1 N–H and O–H groups in total. The van der Waals surface area contributed by atoms with Crippen LogP contribution in [0.3, 0.4) is 0 Å². The summed E-state index contributed by atoms with van der Waals surface area (Å²) in [5, 5.41) is 3.56. The standard InChI is InChI=1S/C21H30N2O3/c1-6-12-23-20(14(3)15(4)21(23)25)22-18(13-19(24)26-5)17-11-9-8-10-16(17)7-2/h8-11,18,20,22H,6-7,12-13H2,1-5H3. The van der Waals surface area contributed by atoms with E-state index in [-0.39, 0.29) is 30.5 Å². The predicted molar refractivity (Wildman–Crippen MR) is 102 cm³/mol. The third-order valence-electron chi connectivity index (χ3n) is 5.13. The number of nitrogens with zero attached hydrogens (tertiary/aromatic N) is 1. The van der Waals surface area contributed by atoms with Crippen molar-refractivity contribution in [3.63, 3.8) is 0 Å². The van der Waals surface area contributed by atoms with Crippen LogP contribution in [0.25, 0.3) is 0 Å². The zero-order chi connectivity index (χ0) is 19.3. The smallest absolute Gasteiger partial charge is 0.307 e. The van der Waals surface area contributed by atoms with Gasteiger partial charge < -0.3 is 9.64 Å². The van der Waals surface area contributed by atoms with Crippen molar-refractivity contribution in [3.8, 4) is 0 Å². The van der Waals surface area contributed by atoms with Crippen LogP contribution < -0.4 is 5.32 Å². The number of hydrogen-bond acceptors (Lipinski definition) is 4. The van der Waals surface area contributed by atoms with Crippen LogP contribution >= 0.6 is 0 Å². The van der Waals surface area contributed by atoms with Gasteiger partial charge in [-0.25, -0.2) is 0 Å². The molecule has 1 aromatic carbocycles. The summed E-state index contributed by atoms with van der Waals surface area (Å²) in [7, 11) is 1.41. The number of benzene rings is 1. The second kappa shape index (κ2) is 8.99. The number of amides is 1. The van der Waals surface area contributed by atoms with Crippen molar-refractivity contribution in [1.29, 1.82) is 0 Å². The largest absolute Gasteiger partial charge is 0.469 e. The van der Waals surface area contributed by atoms with Crippen LogP contribution in [0.4, 0.5) is 0 Å². The summed E-state index contributed by atoms with van der Waals surface area (Å²) < 4.78 is 4.91. The van der Waals surface area contributed by atoms with Gasteiger partial charge in [-0.2, -0.15) is 0 Å². The molecular formula is C21H30N2O3. The van der Waals surface area contributed by atoms with Gasteiger partial charge in [-0.1, -0.05) is 38.1 Å². The Morgan fingerprint density at radius 1 is 1.27 bits per heavy atom. The number of aryl methyl sites for hydroxylation is 1. The Bertz CT molecular complexity index is 696. The van der Waals surface area contributed by atoms with E-state index in [1.807, 2.05) is 36.9 Å². The number of methoxy groups -OCH3 is 1. The first-order valence-corrected chi connectivity index (χ1v) is 9.33. The van der Waals surface area contributed by atoms with E-state index in [1.165, 1.54) is 12.7 Å². The van der Waals surface area contributed by atoms with Crippen molar-refractivity contribution in [2.75, 3.05) is 13.7 Å². The average Bonchev–Trinajstić information content (AvgIpc) is 2.85. The number of esters is 1. The molecule has 0 saturated heterocycles. The minimum Gasteiger partial charge on any atom is -0.469 e. The lowest BCUT2D eigenvalue weighted by atomic mass is 9.95. The molecule has 0 aromatic heterocycles. The summed E-state index contributed by atoms with van der Waals surface area (Å²) in [6.07, 6.45) is 1.80. The molecule has 26 heavy (non-hydrogen) atoms. The molecule has 2 rings (SSSR count). The number of hydrogen-bond donors (Lipinski definition) is 1. The predicted octanol–water partition coefficient (Wildman–Crippen LogP) is 3.36. The lowest BCUT2D eigenvalue weighted by Crippen LogP contribution is -2.47. The Labute approximate surface area is 156 Å². The zero-order valence-electron chi connectivity index (χ0n) is 16.5. The minimum atomic E-state index is -0.266. The van der Waals surface area contributed by atoms with Gasteiger partial charge >= 0.3 is 5.97 Å². The Hall–Kier alpha value is -2.14. The Balaban J connectivity index is 2.37. The molecule has 0 fully saturated rings. The highest BCUT2D eigenvalue weighted by atomic mass is 16.5. The molecule has 142 valence electrons. The van der Waals surface area contributed by atoms with Gasteiger partial charge in [0.1, 0.15) is 6.17 Å². The third-order valence-corrected chi connectivity index (χ3v) is 5.13. The summed E-state index contributed by atoms with van der Waals surface area (Å²) in [5.74, 6) is -0.194. The maximum absolute atomic E-state index is 12.6. The molecular weight excluding hydrogens is 328 g/mol. The molecule has 1 aliphatic rings. The molecule has 5 heteroatoms. The molecule has 5 nitrogen and oxygen atoms in total. The van der Waals surface area contributed by atoms with Crippen LogP contribution in [0.2, 0.25) is 0 Å². The van der Waals surface area contributed by atoms with Gasteiger partial charge in [0.15, 0.2) is 0 Å². The molecule has 1 aromatic rings. The van der Waals surface area contributed by atoms with Crippen molar-refractivity contribution >= 4 is 11.9 Å². The Kier molecular flexibility index (Phi) is 6.98. The first-order chi connectivity index (χ1) is 12.4. The third kappa shape index (κ3) is 4.15. The fourth-order valence-electron chi connectivity index (χ4n) is 3.52. The lowest BCUT2D eigenvalue weighted by molar-refractivity contribution is -0.141. The summed E-state index contributed by atoms with van der Waals surface area (Å²) in [6.45, 7) is 8.71. The highest BCUT2D eigenvalue weighted by Gasteiger charge is 2.36. The van der Waals surface area contributed by atoms with Crippen LogP contribution in [0, 0.1) is 0 Å². The van der Waals surface area contributed by atoms with E-state index in [0.29, 0.717) is 6.54 Å². The second-order valence-corrected chi connectivity index (χ2v) is 6.76. The molecule has 2 unspecified atom stereocenters. The first-order valence-electron chi connectivity index (χ1n) is 9.33. The maximum Gasteiger partial charge on any atom is 0.307 e. The van der Waals surface area contributed by atoms with Crippen LogP contribution in [0.5, 0.6) is 0 Å². The van der Waals surface area contributed by atoms with E-state index in [2.05, 4.69) is 25.2 Å². The normalized spacial score (nSPS) is 18.4. The molecule has 1 amide bonds. The molecule has 2 atom stereocenters. The Morgan fingerprint density at radius 2 is 1.96 bits per heavy atom. The van der Waals surface area contributed by atoms with Crippen molar-refractivity contribution < 1.29 is 14.3 Å². The Morgan fingerprint density at radius 3 is 2.58 bits per heavy atom. The van der Waals surface area contributed by atoms with Gasteiger partial charge in [-0.15, -0.1) is 0 Å². The van der Waals surface area contributed by atoms with Crippen LogP contribution in [-0.2, 0) is 20.7 Å². The van der Waals surface area contributed by atoms with Crippen molar-refractivity contribution in [2.45, 2.75) is 59.2 Å². The van der Waals surface area contributed by atoms with E-state index >= 15 is 0 Å². The van der Waals surface area contributed by atoms with Crippen LogP contribution in [0.1, 0.15) is 57.7 Å². The van der Waals surface area contributed by atoms with E-state index in [0.717, 1.165) is 29.6 Å². The van der Waals surface area contributed by atoms with Crippen LogP contribution in [0.15, 0.2) is 35.4 Å². The zero-order valence-corrected chi connectivity index (χ0v) is 16.5. The average molecular weight is 358 g/mol. The fraction of sp³-hybridized carbons (Fsp3) is 0.524. The summed E-state index contributed by atoms with van der Waals surface area (Å²) in [6, 6.07) is 7.91. The summed E-state index contributed by atoms with van der Waals surface area (Å²) in [5.41, 5.74) is 4.09. The molecule has 0 bridgehead atoms. The fourth-order valence-corrected chi connectivity index (χ4v) is 3.52. The first kappa shape index (κ1) is 20.2. The van der Waals surface area contributed by atoms with Crippen molar-refractivity contribution in [1.82, 2.24) is 10.2 Å². The van der Waals surface area contributed by atoms with E-state index < -0.39 is 0 Å². The second-order valence-electron chi connectivity index (χ2n) is 6.76. The van der Waals surface area contributed by atoms with Crippen LogP contribution in [-0.4, -0.2) is 36.6 Å².